The van der Waals surface area contributed by atoms with Crippen LogP contribution in [0.25, 0.3) is 0 Å². The topological polar surface area (TPSA) is 40.5 Å². The third-order valence-corrected chi connectivity index (χ3v) is 4.48. The lowest BCUT2D eigenvalue weighted by atomic mass is 9.80. The fourth-order valence-corrected chi connectivity index (χ4v) is 2.93. The Balaban J connectivity index is 2.03. The number of carbonyl (C=O) groups is 1. The van der Waals surface area contributed by atoms with Gasteiger partial charge in [-0.25, -0.2) is 4.79 Å². The smallest absolute Gasteiger partial charge is 0.335 e. The van der Waals surface area contributed by atoms with Crippen LogP contribution in [0.5, 0.6) is 0 Å². The maximum absolute atomic E-state index is 11.0. The maximum atomic E-state index is 11.0. The first-order chi connectivity index (χ1) is 9.27. The zero-order valence-electron chi connectivity index (χ0n) is 12.9. The van der Waals surface area contributed by atoms with Crippen LogP contribution in [0.1, 0.15) is 48.7 Å². The van der Waals surface area contributed by atoms with Crippen molar-refractivity contribution < 1.29 is 9.90 Å². The van der Waals surface area contributed by atoms with Crippen molar-refractivity contribution >= 4 is 5.97 Å². The van der Waals surface area contributed by atoms with E-state index in [9.17, 15) is 4.79 Å². The summed E-state index contributed by atoms with van der Waals surface area (Å²) in [6, 6.07) is 5.44. The summed E-state index contributed by atoms with van der Waals surface area (Å²) in [5, 5.41) is 9.00. The van der Waals surface area contributed by atoms with Crippen LogP contribution < -0.4 is 0 Å². The number of hydrogen-bond donors (Lipinski definition) is 1. The molecule has 1 saturated heterocycles. The van der Waals surface area contributed by atoms with Crippen molar-refractivity contribution in [3.63, 3.8) is 0 Å². The van der Waals surface area contributed by atoms with Gasteiger partial charge in [0.25, 0.3) is 0 Å². The minimum atomic E-state index is -0.853. The molecule has 1 aromatic carbocycles. The second-order valence-electron chi connectivity index (χ2n) is 7.03. The SMILES string of the molecule is Cc1cc(C(=O)O)ccc1CN1CCC(C(C)(C)C)C1. The maximum Gasteiger partial charge on any atom is 0.335 e. The molecule has 1 N–H and O–H groups in total. The van der Waals surface area contributed by atoms with E-state index in [1.54, 1.807) is 12.1 Å². The predicted octanol–water partition coefficient (Wildman–Crippen LogP) is 3.56. The number of rotatable bonds is 3. The van der Waals surface area contributed by atoms with Crippen LogP contribution >= 0.6 is 0 Å². The van der Waals surface area contributed by atoms with Gasteiger partial charge in [0.1, 0.15) is 0 Å². The standard InChI is InChI=1S/C17H25NO2/c1-12-9-13(16(19)20)5-6-14(12)10-18-8-7-15(11-18)17(2,3)4/h5-6,9,15H,7-8,10-11H2,1-4H3,(H,19,20). The Morgan fingerprint density at radius 3 is 2.60 bits per heavy atom. The predicted molar refractivity (Wildman–Crippen MR) is 81.0 cm³/mol. The summed E-state index contributed by atoms with van der Waals surface area (Å²) < 4.78 is 0. The highest BCUT2D eigenvalue weighted by Gasteiger charge is 2.31. The number of aryl methyl sites for hydroxylation is 1. The summed E-state index contributed by atoms with van der Waals surface area (Å²) in [5.41, 5.74) is 3.06. The van der Waals surface area contributed by atoms with Crippen LogP contribution in [0, 0.1) is 18.3 Å². The monoisotopic (exact) mass is 275 g/mol. The minimum absolute atomic E-state index is 0.372. The third kappa shape index (κ3) is 3.40. The van der Waals surface area contributed by atoms with E-state index in [-0.39, 0.29) is 0 Å². The molecule has 1 atom stereocenters. The van der Waals surface area contributed by atoms with Gasteiger partial charge in [-0.1, -0.05) is 26.8 Å². The normalized spacial score (nSPS) is 20.3. The Kier molecular flexibility index (Phi) is 4.19. The molecule has 20 heavy (non-hydrogen) atoms. The fraction of sp³-hybridized carbons (Fsp3) is 0.588. The van der Waals surface area contributed by atoms with Gasteiger partial charge < -0.3 is 5.11 Å². The molecule has 0 saturated carbocycles. The van der Waals surface area contributed by atoms with Gasteiger partial charge in [-0.2, -0.15) is 0 Å². The Morgan fingerprint density at radius 1 is 1.40 bits per heavy atom. The van der Waals surface area contributed by atoms with Gasteiger partial charge in [0.2, 0.25) is 0 Å². The highest BCUT2D eigenvalue weighted by atomic mass is 16.4. The van der Waals surface area contributed by atoms with Gasteiger partial charge in [0.15, 0.2) is 0 Å². The zero-order chi connectivity index (χ0) is 14.9. The molecule has 0 radical (unpaired) electrons. The van der Waals surface area contributed by atoms with Gasteiger partial charge in [-0.15, -0.1) is 0 Å². The molecule has 0 spiro atoms. The summed E-state index contributed by atoms with van der Waals surface area (Å²) in [7, 11) is 0. The minimum Gasteiger partial charge on any atom is -0.478 e. The molecule has 3 heteroatoms. The molecule has 0 bridgehead atoms. The van der Waals surface area contributed by atoms with E-state index < -0.39 is 5.97 Å². The molecule has 0 aliphatic carbocycles. The summed E-state index contributed by atoms with van der Waals surface area (Å²) in [6.07, 6.45) is 1.26. The van der Waals surface area contributed by atoms with Crippen molar-refractivity contribution in [2.45, 2.75) is 40.7 Å². The van der Waals surface area contributed by atoms with E-state index in [2.05, 4.69) is 25.7 Å². The second-order valence-corrected chi connectivity index (χ2v) is 7.03. The molecule has 1 heterocycles. The molecule has 0 aromatic heterocycles. The summed E-state index contributed by atoms with van der Waals surface area (Å²) in [6.45, 7) is 12.2. The van der Waals surface area contributed by atoms with Crippen LogP contribution in [0.15, 0.2) is 18.2 Å². The Hall–Kier alpha value is -1.35. The molecule has 1 aliphatic heterocycles. The second kappa shape index (κ2) is 5.57. The lowest BCUT2D eigenvalue weighted by molar-refractivity contribution is 0.0696. The Bertz CT molecular complexity index is 502. The quantitative estimate of drug-likeness (QED) is 0.917. The Morgan fingerprint density at radius 2 is 2.10 bits per heavy atom. The van der Waals surface area contributed by atoms with Gasteiger partial charge in [0.05, 0.1) is 5.56 Å². The Labute approximate surface area is 121 Å². The van der Waals surface area contributed by atoms with E-state index in [0.29, 0.717) is 11.0 Å². The highest BCUT2D eigenvalue weighted by Crippen LogP contribution is 2.34. The highest BCUT2D eigenvalue weighted by molar-refractivity contribution is 5.87. The van der Waals surface area contributed by atoms with Crippen LogP contribution in [0.2, 0.25) is 0 Å². The molecule has 1 fully saturated rings. The van der Waals surface area contributed by atoms with Crippen LogP contribution in [-0.4, -0.2) is 29.1 Å². The van der Waals surface area contributed by atoms with Crippen molar-refractivity contribution in [1.29, 1.82) is 0 Å². The molecule has 1 unspecified atom stereocenters. The lowest BCUT2D eigenvalue weighted by Gasteiger charge is -2.27. The first kappa shape index (κ1) is 15.0. The van der Waals surface area contributed by atoms with Crippen molar-refractivity contribution in [1.82, 2.24) is 4.90 Å². The molecule has 110 valence electrons. The van der Waals surface area contributed by atoms with Crippen molar-refractivity contribution in [2.75, 3.05) is 13.1 Å². The van der Waals surface area contributed by atoms with Gasteiger partial charge in [-0.05, 0) is 54.5 Å². The van der Waals surface area contributed by atoms with E-state index in [1.165, 1.54) is 12.0 Å². The molecule has 1 aromatic rings. The van der Waals surface area contributed by atoms with Crippen molar-refractivity contribution in [3.05, 3.63) is 34.9 Å². The van der Waals surface area contributed by atoms with E-state index in [0.717, 1.165) is 31.1 Å². The van der Waals surface area contributed by atoms with E-state index >= 15 is 0 Å². The average Bonchev–Trinajstić information content (AvgIpc) is 2.80. The number of aromatic carboxylic acids is 1. The summed E-state index contributed by atoms with van der Waals surface area (Å²) in [5.74, 6) is -0.102. The number of carboxylic acids is 1. The van der Waals surface area contributed by atoms with Gasteiger partial charge in [0, 0.05) is 13.1 Å². The van der Waals surface area contributed by atoms with Gasteiger partial charge in [-0.3, -0.25) is 4.90 Å². The average molecular weight is 275 g/mol. The van der Waals surface area contributed by atoms with Crippen LogP contribution in [-0.2, 0) is 6.54 Å². The molecule has 0 amide bonds. The van der Waals surface area contributed by atoms with Crippen LogP contribution in [0.3, 0.4) is 0 Å². The fourth-order valence-electron chi connectivity index (χ4n) is 2.93. The molecule has 1 aliphatic rings. The first-order valence-corrected chi connectivity index (χ1v) is 7.32. The molecule has 3 nitrogen and oxygen atoms in total. The number of likely N-dealkylation sites (tertiary alicyclic amines) is 1. The van der Waals surface area contributed by atoms with Crippen molar-refractivity contribution in [2.24, 2.45) is 11.3 Å². The van der Waals surface area contributed by atoms with Crippen LogP contribution in [0.4, 0.5) is 0 Å². The number of carboxylic acid groups (broad SMARTS) is 1. The molecular formula is C17H25NO2. The summed E-state index contributed by atoms with van der Waals surface area (Å²) in [4.78, 5) is 13.4. The lowest BCUT2D eigenvalue weighted by Crippen LogP contribution is -2.26. The number of nitrogens with zero attached hydrogens (tertiary/aromatic N) is 1. The van der Waals surface area contributed by atoms with E-state index in [4.69, 9.17) is 5.11 Å². The van der Waals surface area contributed by atoms with Gasteiger partial charge >= 0.3 is 5.97 Å². The van der Waals surface area contributed by atoms with Crippen molar-refractivity contribution in [3.8, 4) is 0 Å². The third-order valence-electron chi connectivity index (χ3n) is 4.48. The number of hydrogen-bond acceptors (Lipinski definition) is 2. The van der Waals surface area contributed by atoms with E-state index in [1.807, 2.05) is 13.0 Å². The largest absolute Gasteiger partial charge is 0.478 e. The first-order valence-electron chi connectivity index (χ1n) is 7.32. The molecule has 2 rings (SSSR count). The summed E-state index contributed by atoms with van der Waals surface area (Å²) >= 11 is 0. The zero-order valence-corrected chi connectivity index (χ0v) is 12.9. The number of benzene rings is 1. The molecular weight excluding hydrogens is 250 g/mol.